The van der Waals surface area contributed by atoms with Crippen molar-refractivity contribution >= 4 is 35.1 Å². The molecule has 0 radical (unpaired) electrons. The molecule has 2 heterocycles. The quantitative estimate of drug-likeness (QED) is 0.697. The molecule has 1 aromatic carbocycles. The van der Waals surface area contributed by atoms with Crippen molar-refractivity contribution in [1.29, 1.82) is 0 Å². The van der Waals surface area contributed by atoms with Gasteiger partial charge in [0.15, 0.2) is 17.3 Å². The number of rotatable bonds is 3. The summed E-state index contributed by atoms with van der Waals surface area (Å²) in [7, 11) is 3.03. The summed E-state index contributed by atoms with van der Waals surface area (Å²) < 4.78 is 42.1. The van der Waals surface area contributed by atoms with E-state index < -0.39 is 12.1 Å². The molecule has 8 nitrogen and oxygen atoms in total. The minimum absolute atomic E-state index is 0.0504. The topological polar surface area (TPSA) is 106 Å². The number of halogens is 4. The number of alkyl halides is 3. The Morgan fingerprint density at radius 1 is 1.13 bits per heavy atom. The maximum absolute atomic E-state index is 12.9. The van der Waals surface area contributed by atoms with Crippen LogP contribution in [0, 0.1) is 0 Å². The van der Waals surface area contributed by atoms with Gasteiger partial charge >= 0.3 is 12.1 Å². The molecule has 0 fully saturated rings. The van der Waals surface area contributed by atoms with Crippen molar-refractivity contribution < 1.29 is 42.1 Å². The molecule has 1 aromatic heterocycles. The number of carboxylic acid groups (broad SMARTS) is 1. The molecule has 3 rings (SSSR count). The third-order valence-corrected chi connectivity index (χ3v) is 4.29. The molecule has 0 atom stereocenters. The number of pyridine rings is 1. The highest BCUT2D eigenvalue weighted by Crippen LogP contribution is 2.31. The predicted molar refractivity (Wildman–Crippen MR) is 103 cm³/mol. The van der Waals surface area contributed by atoms with E-state index in [0.29, 0.717) is 28.4 Å². The van der Waals surface area contributed by atoms with Gasteiger partial charge in [0, 0.05) is 18.5 Å². The smallest absolute Gasteiger partial charge is 0.490 e. The maximum Gasteiger partial charge on any atom is 0.490 e. The maximum atomic E-state index is 12.9. The van der Waals surface area contributed by atoms with Crippen LogP contribution in [0.3, 0.4) is 0 Å². The molecular weight excluding hydrogens is 445 g/mol. The summed E-state index contributed by atoms with van der Waals surface area (Å²) in [5.74, 6) is -1.81. The van der Waals surface area contributed by atoms with Crippen LogP contribution in [0.5, 0.6) is 11.5 Å². The highest BCUT2D eigenvalue weighted by molar-refractivity contribution is 6.29. The summed E-state index contributed by atoms with van der Waals surface area (Å²) in [4.78, 5) is 39.4. The van der Waals surface area contributed by atoms with Gasteiger partial charge in [-0.2, -0.15) is 13.2 Å². The van der Waals surface area contributed by atoms with Crippen molar-refractivity contribution in [3.8, 4) is 11.5 Å². The van der Waals surface area contributed by atoms with E-state index in [-0.39, 0.29) is 29.8 Å². The van der Waals surface area contributed by atoms with Gasteiger partial charge in [0.2, 0.25) is 0 Å². The number of methoxy groups -OCH3 is 2. The Balaban J connectivity index is 0.000000423. The first-order chi connectivity index (χ1) is 14.5. The van der Waals surface area contributed by atoms with Gasteiger partial charge in [-0.3, -0.25) is 14.5 Å². The molecule has 31 heavy (non-hydrogen) atoms. The van der Waals surface area contributed by atoms with Crippen LogP contribution < -0.4 is 14.4 Å². The van der Waals surface area contributed by atoms with Crippen LogP contribution in [0.2, 0.25) is 5.15 Å². The number of anilines is 1. The van der Waals surface area contributed by atoms with E-state index >= 15 is 0 Å². The Kier molecular flexibility index (Phi) is 7.45. The summed E-state index contributed by atoms with van der Waals surface area (Å²) in [6, 6.07) is 8.04. The summed E-state index contributed by atoms with van der Waals surface area (Å²) in [6.07, 6.45) is -4.84. The first kappa shape index (κ1) is 23.9. The van der Waals surface area contributed by atoms with E-state index in [1.54, 1.807) is 30.3 Å². The number of aromatic nitrogens is 1. The number of ether oxygens (including phenoxy) is 2. The third-order valence-electron chi connectivity index (χ3n) is 4.08. The summed E-state index contributed by atoms with van der Waals surface area (Å²) in [6.45, 7) is 0.256. The lowest BCUT2D eigenvalue weighted by molar-refractivity contribution is -0.192. The lowest BCUT2D eigenvalue weighted by Crippen LogP contribution is -2.38. The predicted octanol–water partition coefficient (Wildman–Crippen LogP) is 3.62. The van der Waals surface area contributed by atoms with E-state index in [9.17, 15) is 22.8 Å². The Hall–Kier alpha value is -3.34. The SMILES string of the molecule is COc1ccc(C(=O)N2CCC(=O)c3ccc(Cl)nc32)cc1OC.O=C(O)C(F)(F)F. The molecule has 166 valence electrons. The van der Waals surface area contributed by atoms with Gasteiger partial charge in [0.25, 0.3) is 5.91 Å². The number of fused-ring (bicyclic) bond motifs is 1. The van der Waals surface area contributed by atoms with Crippen LogP contribution in [0.25, 0.3) is 0 Å². The van der Waals surface area contributed by atoms with E-state index in [4.69, 9.17) is 31.0 Å². The van der Waals surface area contributed by atoms with Crippen molar-refractivity contribution in [3.05, 3.63) is 46.6 Å². The molecule has 12 heteroatoms. The molecule has 0 aliphatic carbocycles. The average Bonchev–Trinajstić information content (AvgIpc) is 2.72. The monoisotopic (exact) mass is 460 g/mol. The van der Waals surface area contributed by atoms with Gasteiger partial charge in [-0.1, -0.05) is 11.6 Å². The van der Waals surface area contributed by atoms with Crippen LogP contribution in [0.15, 0.2) is 30.3 Å². The molecule has 2 aromatic rings. The second-order valence-electron chi connectivity index (χ2n) is 6.01. The van der Waals surface area contributed by atoms with Crippen molar-refractivity contribution in [2.45, 2.75) is 12.6 Å². The first-order valence-electron chi connectivity index (χ1n) is 8.53. The summed E-state index contributed by atoms with van der Waals surface area (Å²) >= 11 is 5.93. The molecule has 0 saturated heterocycles. The number of carbonyl (C=O) groups excluding carboxylic acids is 2. The van der Waals surface area contributed by atoms with Gasteiger partial charge in [0.05, 0.1) is 19.8 Å². The Morgan fingerprint density at radius 2 is 1.74 bits per heavy atom. The standard InChI is InChI=1S/C17H15ClN2O4.C2HF3O2/c1-23-13-5-3-10(9-14(13)24-2)17(22)20-8-7-12(21)11-4-6-15(18)19-16(11)20;3-2(4,5)1(6)7/h3-6,9H,7-8H2,1-2H3;(H,6,7). The van der Waals surface area contributed by atoms with E-state index in [0.717, 1.165) is 0 Å². The van der Waals surface area contributed by atoms with Crippen molar-refractivity contribution in [3.63, 3.8) is 0 Å². The second-order valence-corrected chi connectivity index (χ2v) is 6.40. The number of hydrogen-bond acceptors (Lipinski definition) is 6. The number of aliphatic carboxylic acids is 1. The number of benzene rings is 1. The van der Waals surface area contributed by atoms with Crippen molar-refractivity contribution in [2.24, 2.45) is 0 Å². The molecule has 0 spiro atoms. The first-order valence-corrected chi connectivity index (χ1v) is 8.91. The number of amides is 1. The number of nitrogens with zero attached hydrogens (tertiary/aromatic N) is 2. The zero-order chi connectivity index (χ0) is 23.3. The molecule has 1 amide bonds. The largest absolute Gasteiger partial charge is 0.493 e. The number of carboxylic acids is 1. The number of hydrogen-bond donors (Lipinski definition) is 1. The lowest BCUT2D eigenvalue weighted by atomic mass is 10.0. The Bertz CT molecular complexity index is 1010. The minimum atomic E-state index is -5.08. The van der Waals surface area contributed by atoms with Crippen LogP contribution >= 0.6 is 11.6 Å². The van der Waals surface area contributed by atoms with Crippen molar-refractivity contribution in [2.75, 3.05) is 25.7 Å². The van der Waals surface area contributed by atoms with E-state index in [1.807, 2.05) is 0 Å². The van der Waals surface area contributed by atoms with Crippen LogP contribution in [0.1, 0.15) is 27.1 Å². The summed E-state index contributed by atoms with van der Waals surface area (Å²) in [5, 5.41) is 7.36. The fourth-order valence-electron chi connectivity index (χ4n) is 2.63. The zero-order valence-electron chi connectivity index (χ0n) is 16.2. The highest BCUT2D eigenvalue weighted by atomic mass is 35.5. The minimum Gasteiger partial charge on any atom is -0.493 e. The Labute approximate surface area is 179 Å². The van der Waals surface area contributed by atoms with Gasteiger partial charge in [-0.05, 0) is 30.3 Å². The van der Waals surface area contributed by atoms with Gasteiger partial charge < -0.3 is 14.6 Å². The van der Waals surface area contributed by atoms with Crippen LogP contribution in [0.4, 0.5) is 19.0 Å². The van der Waals surface area contributed by atoms with E-state index in [2.05, 4.69) is 4.98 Å². The second kappa shape index (κ2) is 9.65. The molecule has 1 N–H and O–H groups in total. The van der Waals surface area contributed by atoms with Gasteiger partial charge in [-0.25, -0.2) is 9.78 Å². The zero-order valence-corrected chi connectivity index (χ0v) is 17.0. The Morgan fingerprint density at radius 3 is 2.29 bits per heavy atom. The lowest BCUT2D eigenvalue weighted by Gasteiger charge is -2.27. The average molecular weight is 461 g/mol. The van der Waals surface area contributed by atoms with Gasteiger partial charge in [0.1, 0.15) is 11.0 Å². The number of carbonyl (C=O) groups is 3. The summed E-state index contributed by atoms with van der Waals surface area (Å²) in [5.41, 5.74) is 0.814. The molecule has 0 unspecified atom stereocenters. The number of Topliss-reactive ketones (excluding diaryl/α,β-unsaturated/α-hetero) is 1. The molecule has 1 aliphatic heterocycles. The van der Waals surface area contributed by atoms with Gasteiger partial charge in [-0.15, -0.1) is 0 Å². The van der Waals surface area contributed by atoms with Crippen LogP contribution in [-0.2, 0) is 4.79 Å². The normalized spacial score (nSPS) is 13.0. The fraction of sp³-hybridized carbons (Fsp3) is 0.263. The molecule has 0 bridgehead atoms. The molecular formula is C19H16ClF3N2O6. The fourth-order valence-corrected chi connectivity index (χ4v) is 2.77. The van der Waals surface area contributed by atoms with Crippen LogP contribution in [-0.4, -0.2) is 54.7 Å². The highest BCUT2D eigenvalue weighted by Gasteiger charge is 2.38. The molecule has 1 aliphatic rings. The number of ketones is 1. The van der Waals surface area contributed by atoms with E-state index in [1.165, 1.54) is 19.1 Å². The third kappa shape index (κ3) is 5.63. The molecule has 0 saturated carbocycles. The van der Waals surface area contributed by atoms with Crippen molar-refractivity contribution in [1.82, 2.24) is 4.98 Å².